The van der Waals surface area contributed by atoms with Crippen LogP contribution in [0.5, 0.6) is 0 Å². The van der Waals surface area contributed by atoms with E-state index in [2.05, 4.69) is 62.9 Å². The Balaban J connectivity index is 3.32. The van der Waals surface area contributed by atoms with E-state index in [1.54, 1.807) is 6.20 Å². The minimum atomic E-state index is -1.43. The molecule has 0 aromatic carbocycles. The summed E-state index contributed by atoms with van der Waals surface area (Å²) in [6.45, 7) is 12.9. The molecule has 0 radical (unpaired) electrons. The van der Waals surface area contributed by atoms with Gasteiger partial charge in [-0.2, -0.15) is 5.26 Å². The Labute approximate surface area is 111 Å². The van der Waals surface area contributed by atoms with Gasteiger partial charge in [0.15, 0.2) is 0 Å². The monoisotopic (exact) mass is 256 g/mol. The lowest BCUT2D eigenvalue weighted by molar-refractivity contribution is 0.568. The molecule has 0 unspecified atom stereocenters. The van der Waals surface area contributed by atoms with E-state index >= 15 is 0 Å². The van der Waals surface area contributed by atoms with Crippen molar-refractivity contribution in [1.82, 2.24) is 4.98 Å². The van der Waals surface area contributed by atoms with Crippen LogP contribution in [0.15, 0.2) is 12.3 Å². The number of nitriles is 1. The van der Waals surface area contributed by atoms with Crippen LogP contribution in [0, 0.1) is 22.8 Å². The Kier molecular flexibility index (Phi) is 3.99. The minimum absolute atomic E-state index is 0.0242. The fourth-order valence-corrected chi connectivity index (χ4v) is 1.82. The molecule has 1 heterocycles. The van der Waals surface area contributed by atoms with Gasteiger partial charge in [0.1, 0.15) is 14.1 Å². The molecule has 3 heteroatoms. The van der Waals surface area contributed by atoms with Gasteiger partial charge in [-0.1, -0.05) is 46.3 Å². The molecule has 0 amide bonds. The van der Waals surface area contributed by atoms with Crippen LogP contribution < -0.4 is 0 Å². The van der Waals surface area contributed by atoms with E-state index in [-0.39, 0.29) is 5.41 Å². The van der Waals surface area contributed by atoms with Crippen molar-refractivity contribution in [1.29, 1.82) is 5.26 Å². The molecule has 94 valence electrons. The van der Waals surface area contributed by atoms with Crippen LogP contribution in [-0.4, -0.2) is 13.1 Å². The first kappa shape index (κ1) is 14.5. The van der Waals surface area contributed by atoms with Crippen molar-refractivity contribution in [2.75, 3.05) is 0 Å². The van der Waals surface area contributed by atoms with E-state index in [1.807, 2.05) is 6.07 Å². The van der Waals surface area contributed by atoms with Crippen molar-refractivity contribution in [2.24, 2.45) is 0 Å². The van der Waals surface area contributed by atoms with Gasteiger partial charge in [0.25, 0.3) is 0 Å². The number of pyridine rings is 1. The van der Waals surface area contributed by atoms with Crippen LogP contribution in [0.2, 0.25) is 19.6 Å². The fourth-order valence-electron chi connectivity index (χ4n) is 1.31. The standard InChI is InChI=1S/C15H20N2Si/c1-15(2,3)14-9-12(7-8-18(4,5)6)13(10-16)11-17-14/h9,11H,1-6H3. The molecule has 0 N–H and O–H groups in total. The Bertz CT molecular complexity index is 543. The minimum Gasteiger partial charge on any atom is -0.259 e. The maximum absolute atomic E-state index is 9.10. The smallest absolute Gasteiger partial charge is 0.129 e. The molecular formula is C15H20N2Si. The van der Waals surface area contributed by atoms with Gasteiger partial charge in [-0.05, 0) is 6.07 Å². The second kappa shape index (κ2) is 4.96. The van der Waals surface area contributed by atoms with Gasteiger partial charge >= 0.3 is 0 Å². The SMILES string of the molecule is CC(C)(C)c1cc(C#C[Si](C)(C)C)c(C#N)cn1. The van der Waals surface area contributed by atoms with Gasteiger partial charge < -0.3 is 0 Å². The summed E-state index contributed by atoms with van der Waals surface area (Å²) >= 11 is 0. The summed E-state index contributed by atoms with van der Waals surface area (Å²) in [4.78, 5) is 4.35. The normalized spacial score (nSPS) is 11.4. The summed E-state index contributed by atoms with van der Waals surface area (Å²) in [6, 6.07) is 4.11. The van der Waals surface area contributed by atoms with E-state index in [9.17, 15) is 0 Å². The molecule has 1 aromatic heterocycles. The topological polar surface area (TPSA) is 36.7 Å². The zero-order valence-corrected chi connectivity index (χ0v) is 13.0. The first-order valence-electron chi connectivity index (χ1n) is 6.07. The lowest BCUT2D eigenvalue weighted by Crippen LogP contribution is -2.17. The number of aromatic nitrogens is 1. The van der Waals surface area contributed by atoms with Crippen LogP contribution in [0.25, 0.3) is 0 Å². The highest BCUT2D eigenvalue weighted by Crippen LogP contribution is 2.21. The van der Waals surface area contributed by atoms with E-state index in [0.29, 0.717) is 5.56 Å². The highest BCUT2D eigenvalue weighted by Gasteiger charge is 2.17. The van der Waals surface area contributed by atoms with E-state index in [0.717, 1.165) is 11.3 Å². The summed E-state index contributed by atoms with van der Waals surface area (Å²) < 4.78 is 0. The maximum atomic E-state index is 9.10. The fraction of sp³-hybridized carbons (Fsp3) is 0.467. The van der Waals surface area contributed by atoms with Crippen LogP contribution in [0.3, 0.4) is 0 Å². The Morgan fingerprint density at radius 3 is 2.22 bits per heavy atom. The molecule has 18 heavy (non-hydrogen) atoms. The predicted octanol–water partition coefficient (Wildman–Crippen LogP) is 3.48. The first-order valence-corrected chi connectivity index (χ1v) is 9.57. The van der Waals surface area contributed by atoms with Gasteiger partial charge in [0.2, 0.25) is 0 Å². The van der Waals surface area contributed by atoms with E-state index in [1.165, 1.54) is 0 Å². The molecule has 0 spiro atoms. The summed E-state index contributed by atoms with van der Waals surface area (Å²) in [5.41, 5.74) is 5.62. The maximum Gasteiger partial charge on any atom is 0.129 e. The summed E-state index contributed by atoms with van der Waals surface area (Å²) in [5.74, 6) is 3.17. The van der Waals surface area contributed by atoms with Gasteiger partial charge in [-0.3, -0.25) is 4.98 Å². The Morgan fingerprint density at radius 2 is 1.78 bits per heavy atom. The van der Waals surface area contributed by atoms with Crippen LogP contribution in [-0.2, 0) is 5.41 Å². The lowest BCUT2D eigenvalue weighted by atomic mass is 9.90. The quantitative estimate of drug-likeness (QED) is 0.526. The molecule has 0 aliphatic carbocycles. The zero-order chi connectivity index (χ0) is 14.0. The molecule has 0 aliphatic rings. The van der Waals surface area contributed by atoms with Crippen molar-refractivity contribution < 1.29 is 0 Å². The van der Waals surface area contributed by atoms with Crippen molar-refractivity contribution >= 4 is 8.07 Å². The second-order valence-corrected chi connectivity index (χ2v) is 11.2. The zero-order valence-electron chi connectivity index (χ0n) is 12.0. The molecule has 0 aliphatic heterocycles. The van der Waals surface area contributed by atoms with Crippen LogP contribution >= 0.6 is 0 Å². The van der Waals surface area contributed by atoms with Crippen molar-refractivity contribution in [3.63, 3.8) is 0 Å². The Morgan fingerprint density at radius 1 is 1.17 bits per heavy atom. The van der Waals surface area contributed by atoms with Crippen molar-refractivity contribution in [3.05, 3.63) is 29.1 Å². The third-order valence-corrected chi connectivity index (χ3v) is 3.24. The third kappa shape index (κ3) is 4.02. The molecule has 1 aromatic rings. The summed E-state index contributed by atoms with van der Waals surface area (Å²) in [7, 11) is -1.43. The third-order valence-electron chi connectivity index (χ3n) is 2.37. The van der Waals surface area contributed by atoms with Gasteiger partial charge in [-0.25, -0.2) is 0 Å². The molecule has 0 fully saturated rings. The molecule has 0 atom stereocenters. The van der Waals surface area contributed by atoms with Crippen molar-refractivity contribution in [2.45, 2.75) is 45.8 Å². The second-order valence-electron chi connectivity index (χ2n) is 6.48. The molecule has 1 rings (SSSR count). The molecular weight excluding hydrogens is 236 g/mol. The number of nitrogens with zero attached hydrogens (tertiary/aromatic N) is 2. The van der Waals surface area contributed by atoms with Gasteiger partial charge in [-0.15, -0.1) is 5.54 Å². The number of rotatable bonds is 0. The predicted molar refractivity (Wildman–Crippen MR) is 77.9 cm³/mol. The molecule has 0 saturated heterocycles. The highest BCUT2D eigenvalue weighted by molar-refractivity contribution is 6.83. The van der Waals surface area contributed by atoms with E-state index < -0.39 is 8.07 Å². The highest BCUT2D eigenvalue weighted by atomic mass is 28.3. The van der Waals surface area contributed by atoms with Gasteiger partial charge in [0, 0.05) is 22.9 Å². The molecule has 2 nitrogen and oxygen atoms in total. The average molecular weight is 256 g/mol. The summed E-state index contributed by atoms with van der Waals surface area (Å²) in [5, 5.41) is 9.10. The first-order chi connectivity index (χ1) is 8.13. The average Bonchev–Trinajstić information content (AvgIpc) is 2.23. The lowest BCUT2D eigenvalue weighted by Gasteiger charge is -2.17. The van der Waals surface area contributed by atoms with Crippen LogP contribution in [0.1, 0.15) is 37.6 Å². The number of hydrogen-bond donors (Lipinski definition) is 0. The van der Waals surface area contributed by atoms with Crippen molar-refractivity contribution in [3.8, 4) is 17.5 Å². The van der Waals surface area contributed by atoms with Crippen LogP contribution in [0.4, 0.5) is 0 Å². The largest absolute Gasteiger partial charge is 0.259 e. The summed E-state index contributed by atoms with van der Waals surface area (Å²) in [6.07, 6.45) is 1.63. The Hall–Kier alpha value is -1.58. The molecule has 0 bridgehead atoms. The number of hydrogen-bond acceptors (Lipinski definition) is 2. The molecule has 0 saturated carbocycles. The van der Waals surface area contributed by atoms with Gasteiger partial charge in [0.05, 0.1) is 5.56 Å². The van der Waals surface area contributed by atoms with E-state index in [4.69, 9.17) is 5.26 Å².